The van der Waals surface area contributed by atoms with Crippen LogP contribution in [-0.4, -0.2) is 18.6 Å². The van der Waals surface area contributed by atoms with Crippen molar-refractivity contribution in [1.29, 1.82) is 0 Å². The number of amides is 2. The van der Waals surface area contributed by atoms with Crippen molar-refractivity contribution < 1.29 is 19.1 Å². The highest BCUT2D eigenvalue weighted by Crippen LogP contribution is 2.32. The standard InChI is InChI=1S/C18H18N2O4/c1-2-4-17(21)19-13-5-3-6-14(10-13)20-18(22)12-7-8-15-16(9-12)24-11-23-15/h3,5-10H,2,4,11H2,1H3,(H,19,21)(H,20,22). The number of ether oxygens (including phenoxy) is 2. The molecule has 1 aliphatic heterocycles. The predicted octanol–water partition coefficient (Wildman–Crippen LogP) is 3.41. The second kappa shape index (κ2) is 7.04. The van der Waals surface area contributed by atoms with Gasteiger partial charge >= 0.3 is 0 Å². The van der Waals surface area contributed by atoms with Gasteiger partial charge in [0.05, 0.1) is 0 Å². The van der Waals surface area contributed by atoms with Crippen molar-refractivity contribution in [3.8, 4) is 11.5 Å². The van der Waals surface area contributed by atoms with Gasteiger partial charge < -0.3 is 20.1 Å². The molecule has 0 saturated heterocycles. The van der Waals surface area contributed by atoms with E-state index in [0.717, 1.165) is 6.42 Å². The second-order valence-electron chi connectivity index (χ2n) is 5.40. The second-order valence-corrected chi connectivity index (χ2v) is 5.40. The average molecular weight is 326 g/mol. The largest absolute Gasteiger partial charge is 0.454 e. The molecule has 3 rings (SSSR count). The number of nitrogens with one attached hydrogen (secondary N) is 2. The van der Waals surface area contributed by atoms with Gasteiger partial charge in [-0.05, 0) is 42.8 Å². The summed E-state index contributed by atoms with van der Waals surface area (Å²) in [5.41, 5.74) is 1.73. The molecule has 2 amide bonds. The first-order chi connectivity index (χ1) is 11.7. The fourth-order valence-corrected chi connectivity index (χ4v) is 2.37. The fourth-order valence-electron chi connectivity index (χ4n) is 2.37. The molecule has 0 bridgehead atoms. The fraction of sp³-hybridized carbons (Fsp3) is 0.222. The molecule has 0 aliphatic carbocycles. The number of benzene rings is 2. The van der Waals surface area contributed by atoms with Crippen LogP contribution in [0.4, 0.5) is 11.4 Å². The van der Waals surface area contributed by atoms with E-state index in [4.69, 9.17) is 9.47 Å². The monoisotopic (exact) mass is 326 g/mol. The van der Waals surface area contributed by atoms with Crippen molar-refractivity contribution in [2.24, 2.45) is 0 Å². The number of anilines is 2. The van der Waals surface area contributed by atoms with E-state index in [1.54, 1.807) is 42.5 Å². The molecule has 2 aromatic carbocycles. The minimum atomic E-state index is -0.259. The summed E-state index contributed by atoms with van der Waals surface area (Å²) >= 11 is 0. The molecular formula is C18H18N2O4. The van der Waals surface area contributed by atoms with Gasteiger partial charge in [-0.1, -0.05) is 13.0 Å². The van der Waals surface area contributed by atoms with E-state index in [2.05, 4.69) is 10.6 Å². The molecule has 24 heavy (non-hydrogen) atoms. The van der Waals surface area contributed by atoms with Crippen LogP contribution in [-0.2, 0) is 4.79 Å². The molecule has 0 aromatic heterocycles. The third-order valence-electron chi connectivity index (χ3n) is 3.52. The van der Waals surface area contributed by atoms with E-state index in [-0.39, 0.29) is 18.6 Å². The lowest BCUT2D eigenvalue weighted by Gasteiger charge is -2.09. The first kappa shape index (κ1) is 15.9. The summed E-state index contributed by atoms with van der Waals surface area (Å²) in [6.45, 7) is 2.11. The zero-order chi connectivity index (χ0) is 16.9. The van der Waals surface area contributed by atoms with Crippen LogP contribution in [0.3, 0.4) is 0 Å². The summed E-state index contributed by atoms with van der Waals surface area (Å²) in [4.78, 5) is 24.0. The van der Waals surface area contributed by atoms with E-state index in [9.17, 15) is 9.59 Å². The molecule has 2 aromatic rings. The third kappa shape index (κ3) is 3.65. The van der Waals surface area contributed by atoms with E-state index >= 15 is 0 Å². The Labute approximate surface area is 139 Å². The van der Waals surface area contributed by atoms with Gasteiger partial charge in [-0.2, -0.15) is 0 Å². The number of carbonyl (C=O) groups is 2. The van der Waals surface area contributed by atoms with E-state index in [1.807, 2.05) is 6.92 Å². The normalized spacial score (nSPS) is 11.9. The lowest BCUT2D eigenvalue weighted by Crippen LogP contribution is -2.13. The molecule has 2 N–H and O–H groups in total. The van der Waals surface area contributed by atoms with E-state index < -0.39 is 0 Å². The Morgan fingerprint density at radius 2 is 1.75 bits per heavy atom. The molecule has 6 nitrogen and oxygen atoms in total. The summed E-state index contributed by atoms with van der Waals surface area (Å²) < 4.78 is 10.5. The zero-order valence-electron chi connectivity index (χ0n) is 13.3. The van der Waals surface area contributed by atoms with Crippen LogP contribution in [0.15, 0.2) is 42.5 Å². The molecule has 0 saturated carbocycles. The maximum Gasteiger partial charge on any atom is 0.255 e. The Hall–Kier alpha value is -3.02. The highest BCUT2D eigenvalue weighted by molar-refractivity contribution is 6.05. The Kier molecular flexibility index (Phi) is 4.65. The topological polar surface area (TPSA) is 76.7 Å². The van der Waals surface area contributed by atoms with Crippen LogP contribution in [0.1, 0.15) is 30.1 Å². The van der Waals surface area contributed by atoms with Crippen molar-refractivity contribution >= 4 is 23.2 Å². The van der Waals surface area contributed by atoms with Crippen LogP contribution < -0.4 is 20.1 Å². The van der Waals surface area contributed by atoms with E-state index in [1.165, 1.54) is 0 Å². The summed E-state index contributed by atoms with van der Waals surface area (Å²) in [6.07, 6.45) is 1.25. The number of hydrogen-bond acceptors (Lipinski definition) is 4. The summed E-state index contributed by atoms with van der Waals surface area (Å²) in [7, 11) is 0. The molecule has 0 atom stereocenters. The van der Waals surface area contributed by atoms with Gasteiger partial charge in [-0.25, -0.2) is 0 Å². The smallest absolute Gasteiger partial charge is 0.255 e. The molecule has 0 unspecified atom stereocenters. The first-order valence-corrected chi connectivity index (χ1v) is 7.76. The van der Waals surface area contributed by atoms with Gasteiger partial charge in [0.2, 0.25) is 12.7 Å². The minimum absolute atomic E-state index is 0.0447. The van der Waals surface area contributed by atoms with Gasteiger partial charge in [0.15, 0.2) is 11.5 Å². The van der Waals surface area contributed by atoms with Crippen LogP contribution in [0, 0.1) is 0 Å². The van der Waals surface area contributed by atoms with Gasteiger partial charge in [0.25, 0.3) is 5.91 Å². The van der Waals surface area contributed by atoms with Crippen LogP contribution in [0.25, 0.3) is 0 Å². The Morgan fingerprint density at radius 1 is 1.00 bits per heavy atom. The maximum atomic E-state index is 12.4. The van der Waals surface area contributed by atoms with Crippen LogP contribution >= 0.6 is 0 Å². The van der Waals surface area contributed by atoms with Crippen molar-refractivity contribution in [1.82, 2.24) is 0 Å². The Bertz CT molecular complexity index is 773. The Balaban J connectivity index is 1.69. The van der Waals surface area contributed by atoms with E-state index in [0.29, 0.717) is 34.9 Å². The molecule has 1 heterocycles. The highest BCUT2D eigenvalue weighted by atomic mass is 16.7. The number of rotatable bonds is 5. The number of hydrogen-bond donors (Lipinski definition) is 2. The number of fused-ring (bicyclic) bond motifs is 1. The van der Waals surface area contributed by atoms with Gasteiger partial charge in [-0.3, -0.25) is 9.59 Å². The third-order valence-corrected chi connectivity index (χ3v) is 3.52. The van der Waals surface area contributed by atoms with Crippen LogP contribution in [0.2, 0.25) is 0 Å². The summed E-state index contributed by atoms with van der Waals surface area (Å²) in [5.74, 6) is 0.887. The van der Waals surface area contributed by atoms with Crippen molar-refractivity contribution in [2.75, 3.05) is 17.4 Å². The minimum Gasteiger partial charge on any atom is -0.454 e. The first-order valence-electron chi connectivity index (χ1n) is 7.76. The predicted molar refractivity (Wildman–Crippen MR) is 90.5 cm³/mol. The SMILES string of the molecule is CCCC(=O)Nc1cccc(NC(=O)c2ccc3c(c2)OCO3)c1. The molecule has 6 heteroatoms. The van der Waals surface area contributed by atoms with Gasteiger partial charge in [0.1, 0.15) is 0 Å². The molecular weight excluding hydrogens is 308 g/mol. The maximum absolute atomic E-state index is 12.4. The number of carbonyl (C=O) groups excluding carboxylic acids is 2. The highest BCUT2D eigenvalue weighted by Gasteiger charge is 2.16. The van der Waals surface area contributed by atoms with Gasteiger partial charge in [0, 0.05) is 23.4 Å². The lowest BCUT2D eigenvalue weighted by atomic mass is 10.2. The molecule has 124 valence electrons. The summed E-state index contributed by atoms with van der Waals surface area (Å²) in [6, 6.07) is 12.1. The lowest BCUT2D eigenvalue weighted by molar-refractivity contribution is -0.116. The molecule has 0 spiro atoms. The van der Waals surface area contributed by atoms with Crippen molar-refractivity contribution in [2.45, 2.75) is 19.8 Å². The van der Waals surface area contributed by atoms with Gasteiger partial charge in [-0.15, -0.1) is 0 Å². The molecule has 1 aliphatic rings. The quantitative estimate of drug-likeness (QED) is 0.883. The molecule has 0 radical (unpaired) electrons. The average Bonchev–Trinajstić information content (AvgIpc) is 3.03. The summed E-state index contributed by atoms with van der Waals surface area (Å²) in [5, 5.41) is 5.61. The zero-order valence-corrected chi connectivity index (χ0v) is 13.3. The molecule has 0 fully saturated rings. The Morgan fingerprint density at radius 3 is 2.54 bits per heavy atom. The van der Waals surface area contributed by atoms with Crippen molar-refractivity contribution in [3.05, 3.63) is 48.0 Å². The van der Waals surface area contributed by atoms with Crippen LogP contribution in [0.5, 0.6) is 11.5 Å². The van der Waals surface area contributed by atoms with Crippen molar-refractivity contribution in [3.63, 3.8) is 0 Å².